The molecule has 0 unspecified atom stereocenters. The molecule has 0 aliphatic carbocycles. The minimum Gasteiger partial charge on any atom is -0.355 e. The summed E-state index contributed by atoms with van der Waals surface area (Å²) >= 11 is 0. The van der Waals surface area contributed by atoms with Gasteiger partial charge in [0.1, 0.15) is 5.82 Å². The number of anilines is 3. The second-order valence-electron chi connectivity index (χ2n) is 6.38. The third kappa shape index (κ3) is 4.09. The van der Waals surface area contributed by atoms with E-state index in [1.807, 2.05) is 56.3 Å². The first-order valence-corrected chi connectivity index (χ1v) is 8.56. The Kier molecular flexibility index (Phi) is 5.32. The first kappa shape index (κ1) is 17.7. The number of halogens is 1. The van der Waals surface area contributed by atoms with Crippen LogP contribution in [0.5, 0.6) is 0 Å². The van der Waals surface area contributed by atoms with Crippen molar-refractivity contribution >= 4 is 23.0 Å². The Morgan fingerprint density at radius 2 is 1.58 bits per heavy atom. The summed E-state index contributed by atoms with van der Waals surface area (Å²) < 4.78 is 14.2. The third-order valence-corrected chi connectivity index (χ3v) is 4.10. The minimum atomic E-state index is -0.254. The Labute approximate surface area is 152 Å². The second kappa shape index (κ2) is 7.83. The van der Waals surface area contributed by atoms with Crippen LogP contribution in [0.2, 0.25) is 0 Å². The molecule has 3 nitrogen and oxygen atoms in total. The number of hydrogen-bond acceptors (Lipinski definition) is 2. The number of carbonyl (C=O) groups is 1. The van der Waals surface area contributed by atoms with E-state index in [9.17, 15) is 9.18 Å². The van der Waals surface area contributed by atoms with Gasteiger partial charge < -0.3 is 10.6 Å². The van der Waals surface area contributed by atoms with Gasteiger partial charge in [0.25, 0.3) is 5.91 Å². The highest BCUT2D eigenvalue weighted by Crippen LogP contribution is 2.26. The lowest BCUT2D eigenvalue weighted by Gasteiger charge is -2.14. The molecule has 132 valence electrons. The van der Waals surface area contributed by atoms with Gasteiger partial charge in [-0.3, -0.25) is 4.79 Å². The highest BCUT2D eigenvalue weighted by Gasteiger charge is 2.13. The summed E-state index contributed by atoms with van der Waals surface area (Å²) in [6, 6.07) is 21.5. The van der Waals surface area contributed by atoms with Gasteiger partial charge in [0.2, 0.25) is 0 Å². The zero-order valence-corrected chi connectivity index (χ0v) is 14.8. The number of benzene rings is 3. The molecule has 3 rings (SSSR count). The minimum absolute atomic E-state index is 0.119. The molecule has 0 saturated heterocycles. The van der Waals surface area contributed by atoms with Gasteiger partial charge in [-0.25, -0.2) is 4.39 Å². The van der Waals surface area contributed by atoms with Crippen molar-refractivity contribution in [1.82, 2.24) is 0 Å². The highest BCUT2D eigenvalue weighted by molar-refractivity contribution is 6.08. The van der Waals surface area contributed by atoms with Gasteiger partial charge >= 0.3 is 0 Å². The zero-order valence-electron chi connectivity index (χ0n) is 14.8. The average Bonchev–Trinajstić information content (AvgIpc) is 2.62. The quantitative estimate of drug-likeness (QED) is 0.598. The topological polar surface area (TPSA) is 41.1 Å². The van der Waals surface area contributed by atoms with Crippen molar-refractivity contribution in [1.29, 1.82) is 0 Å². The monoisotopic (exact) mass is 348 g/mol. The van der Waals surface area contributed by atoms with Crippen molar-refractivity contribution in [3.63, 3.8) is 0 Å². The van der Waals surface area contributed by atoms with Gasteiger partial charge in [0.15, 0.2) is 0 Å². The van der Waals surface area contributed by atoms with Gasteiger partial charge in [0.05, 0.1) is 11.3 Å². The molecule has 0 aliphatic heterocycles. The summed E-state index contributed by atoms with van der Waals surface area (Å²) in [4.78, 5) is 12.6. The maximum Gasteiger partial charge on any atom is 0.257 e. The number of amides is 1. The molecule has 0 saturated carbocycles. The van der Waals surface area contributed by atoms with Crippen molar-refractivity contribution in [3.8, 4) is 0 Å². The first-order valence-electron chi connectivity index (χ1n) is 8.56. The molecule has 3 aromatic rings. The number of carbonyl (C=O) groups excluding carboxylic acids is 1. The van der Waals surface area contributed by atoms with E-state index in [0.29, 0.717) is 22.5 Å². The summed E-state index contributed by atoms with van der Waals surface area (Å²) in [6.07, 6.45) is 0. The molecule has 0 aliphatic rings. The third-order valence-electron chi connectivity index (χ3n) is 4.10. The van der Waals surface area contributed by atoms with Crippen molar-refractivity contribution in [2.45, 2.75) is 19.8 Å². The summed E-state index contributed by atoms with van der Waals surface area (Å²) in [5.41, 5.74) is 3.11. The molecule has 0 bridgehead atoms. The number of rotatable bonds is 5. The zero-order chi connectivity index (χ0) is 18.5. The van der Waals surface area contributed by atoms with E-state index in [2.05, 4.69) is 10.6 Å². The second-order valence-corrected chi connectivity index (χ2v) is 6.38. The molecule has 0 spiro atoms. The molecular weight excluding hydrogens is 327 g/mol. The number of hydrogen-bond donors (Lipinski definition) is 2. The largest absolute Gasteiger partial charge is 0.355 e. The summed E-state index contributed by atoms with van der Waals surface area (Å²) in [7, 11) is 0. The lowest BCUT2D eigenvalue weighted by atomic mass is 10.0. The maximum atomic E-state index is 14.2. The van der Waals surface area contributed by atoms with Crippen LogP contribution >= 0.6 is 0 Å². The highest BCUT2D eigenvalue weighted by atomic mass is 19.1. The lowest BCUT2D eigenvalue weighted by molar-refractivity contribution is 0.102. The summed E-state index contributed by atoms with van der Waals surface area (Å²) in [5.74, 6) is -0.359. The molecule has 4 heteroatoms. The standard InChI is InChI=1S/C22H21FN2O/c1-15(2)18-13-12-17(14-20(18)23)24-21-11-7-6-10-19(21)22(26)25-16-8-4-3-5-9-16/h3-15,24H,1-2H3,(H,25,26). The van der Waals surface area contributed by atoms with Crippen LogP contribution in [0.15, 0.2) is 72.8 Å². The van der Waals surface area contributed by atoms with Gasteiger partial charge in [-0.1, -0.05) is 50.2 Å². The van der Waals surface area contributed by atoms with E-state index in [0.717, 1.165) is 5.69 Å². The van der Waals surface area contributed by atoms with Crippen molar-refractivity contribution in [3.05, 3.63) is 89.7 Å². The SMILES string of the molecule is CC(C)c1ccc(Nc2ccccc2C(=O)Nc2ccccc2)cc1F. The van der Waals surface area contributed by atoms with Crippen LogP contribution in [0.25, 0.3) is 0 Å². The molecule has 1 amide bonds. The maximum absolute atomic E-state index is 14.2. The first-order chi connectivity index (χ1) is 12.5. The van der Waals surface area contributed by atoms with E-state index < -0.39 is 0 Å². The van der Waals surface area contributed by atoms with Crippen LogP contribution in [0.4, 0.5) is 21.5 Å². The molecular formula is C22H21FN2O. The molecule has 0 heterocycles. The molecule has 26 heavy (non-hydrogen) atoms. The van der Waals surface area contributed by atoms with E-state index in [1.165, 1.54) is 6.07 Å². The molecule has 0 fully saturated rings. The Morgan fingerprint density at radius 3 is 2.27 bits per heavy atom. The van der Waals surface area contributed by atoms with Crippen molar-refractivity contribution in [2.24, 2.45) is 0 Å². The number of nitrogens with one attached hydrogen (secondary N) is 2. The van der Waals surface area contributed by atoms with Crippen molar-refractivity contribution < 1.29 is 9.18 Å². The van der Waals surface area contributed by atoms with Crippen molar-refractivity contribution in [2.75, 3.05) is 10.6 Å². The number of para-hydroxylation sites is 2. The average molecular weight is 348 g/mol. The molecule has 2 N–H and O–H groups in total. The molecule has 0 radical (unpaired) electrons. The molecule has 3 aromatic carbocycles. The Hall–Kier alpha value is -3.14. The normalized spacial score (nSPS) is 10.6. The summed E-state index contributed by atoms with van der Waals surface area (Å²) in [6.45, 7) is 3.91. The van der Waals surface area contributed by atoms with E-state index >= 15 is 0 Å². The lowest BCUT2D eigenvalue weighted by Crippen LogP contribution is -2.13. The van der Waals surface area contributed by atoms with Gasteiger partial charge in [-0.2, -0.15) is 0 Å². The van der Waals surface area contributed by atoms with E-state index in [4.69, 9.17) is 0 Å². The predicted molar refractivity (Wildman–Crippen MR) is 105 cm³/mol. The van der Waals surface area contributed by atoms with Crippen LogP contribution in [-0.4, -0.2) is 5.91 Å². The fraction of sp³-hybridized carbons (Fsp3) is 0.136. The predicted octanol–water partition coefficient (Wildman–Crippen LogP) is 5.95. The van der Waals surface area contributed by atoms with Gasteiger partial charge in [-0.15, -0.1) is 0 Å². The Balaban J connectivity index is 1.83. The van der Waals surface area contributed by atoms with Crippen LogP contribution in [-0.2, 0) is 0 Å². The van der Waals surface area contributed by atoms with Crippen LogP contribution in [0.1, 0.15) is 35.7 Å². The summed E-state index contributed by atoms with van der Waals surface area (Å²) in [5, 5.41) is 6.01. The van der Waals surface area contributed by atoms with Crippen LogP contribution in [0.3, 0.4) is 0 Å². The molecule has 0 atom stereocenters. The van der Waals surface area contributed by atoms with E-state index in [1.54, 1.807) is 24.3 Å². The van der Waals surface area contributed by atoms with Gasteiger partial charge in [-0.05, 0) is 47.9 Å². The Morgan fingerprint density at radius 1 is 0.885 bits per heavy atom. The van der Waals surface area contributed by atoms with Gasteiger partial charge in [0, 0.05) is 11.4 Å². The smallest absolute Gasteiger partial charge is 0.257 e. The molecule has 0 aromatic heterocycles. The Bertz CT molecular complexity index is 907. The fourth-order valence-corrected chi connectivity index (χ4v) is 2.74. The van der Waals surface area contributed by atoms with Crippen LogP contribution in [0, 0.1) is 5.82 Å². The van der Waals surface area contributed by atoms with Crippen LogP contribution < -0.4 is 10.6 Å². The fourth-order valence-electron chi connectivity index (χ4n) is 2.74. The van der Waals surface area contributed by atoms with E-state index in [-0.39, 0.29) is 17.6 Å².